The quantitative estimate of drug-likeness (QED) is 0.824. The maximum absolute atomic E-state index is 12.6. The molecule has 0 radical (unpaired) electrons. The Hall–Kier alpha value is -2.68. The molecule has 0 saturated carbocycles. The highest BCUT2D eigenvalue weighted by Crippen LogP contribution is 2.36. The van der Waals surface area contributed by atoms with Gasteiger partial charge in [-0.2, -0.15) is 0 Å². The van der Waals surface area contributed by atoms with Gasteiger partial charge < -0.3 is 19.7 Å². The maximum Gasteiger partial charge on any atom is 0.231 e. The molecular formula is C19H24N4O4S. The third-order valence-corrected chi connectivity index (χ3v) is 5.73. The fourth-order valence-corrected chi connectivity index (χ4v) is 3.71. The van der Waals surface area contributed by atoms with E-state index in [1.807, 2.05) is 20.8 Å². The molecule has 1 fully saturated rings. The van der Waals surface area contributed by atoms with E-state index in [2.05, 4.69) is 15.5 Å². The summed E-state index contributed by atoms with van der Waals surface area (Å²) in [7, 11) is 3.10. The van der Waals surface area contributed by atoms with E-state index in [0.29, 0.717) is 22.3 Å². The van der Waals surface area contributed by atoms with Gasteiger partial charge in [-0.3, -0.25) is 9.59 Å². The van der Waals surface area contributed by atoms with Crippen LogP contribution in [0.2, 0.25) is 0 Å². The summed E-state index contributed by atoms with van der Waals surface area (Å²) >= 11 is 1.35. The maximum atomic E-state index is 12.6. The van der Waals surface area contributed by atoms with Gasteiger partial charge in [-0.05, 0) is 12.1 Å². The molecule has 8 nitrogen and oxygen atoms in total. The molecule has 2 aromatic rings. The van der Waals surface area contributed by atoms with E-state index >= 15 is 0 Å². The van der Waals surface area contributed by atoms with Gasteiger partial charge in [-0.25, -0.2) is 0 Å². The van der Waals surface area contributed by atoms with Gasteiger partial charge in [0.1, 0.15) is 16.5 Å². The summed E-state index contributed by atoms with van der Waals surface area (Å²) in [5.74, 6) is 0.317. The number of hydrogen-bond acceptors (Lipinski definition) is 7. The predicted molar refractivity (Wildman–Crippen MR) is 107 cm³/mol. The molecule has 1 atom stereocenters. The van der Waals surface area contributed by atoms with E-state index in [1.54, 1.807) is 30.2 Å². The number of nitrogens with one attached hydrogen (secondary N) is 1. The molecule has 150 valence electrons. The van der Waals surface area contributed by atoms with Crippen LogP contribution < -0.4 is 19.7 Å². The van der Waals surface area contributed by atoms with Gasteiger partial charge in [0.15, 0.2) is 0 Å². The molecule has 0 bridgehead atoms. The van der Waals surface area contributed by atoms with Crippen LogP contribution in [0, 0.1) is 5.92 Å². The zero-order valence-corrected chi connectivity index (χ0v) is 17.4. The number of carbonyl (C=O) groups excluding carboxylic acids is 2. The Labute approximate surface area is 167 Å². The van der Waals surface area contributed by atoms with Crippen LogP contribution in [0.5, 0.6) is 11.5 Å². The molecule has 1 aliphatic rings. The molecule has 0 spiro atoms. The standard InChI is InChI=1S/C19H24N4O4S/c1-19(2,3)17-21-22-18(28-17)20-16(25)11-8-15(24)23(10-11)13-7-6-12(26-4)9-14(13)27-5/h6-7,9,11H,8,10H2,1-5H3,(H,20,22,25)/t11-/m0/s1. The fraction of sp³-hybridized carbons (Fsp3) is 0.474. The number of anilines is 2. The Balaban J connectivity index is 1.72. The number of amides is 2. The van der Waals surface area contributed by atoms with Gasteiger partial charge in [0.2, 0.25) is 16.9 Å². The minimum absolute atomic E-state index is 0.128. The van der Waals surface area contributed by atoms with Crippen molar-refractivity contribution in [1.29, 1.82) is 0 Å². The third kappa shape index (κ3) is 4.09. The minimum Gasteiger partial charge on any atom is -0.497 e. The van der Waals surface area contributed by atoms with Crippen molar-refractivity contribution >= 4 is 34.0 Å². The molecule has 1 aliphatic heterocycles. The summed E-state index contributed by atoms with van der Waals surface area (Å²) in [6, 6.07) is 5.23. The van der Waals surface area contributed by atoms with Gasteiger partial charge in [-0.1, -0.05) is 32.1 Å². The normalized spacial score (nSPS) is 17.0. The van der Waals surface area contributed by atoms with E-state index in [4.69, 9.17) is 9.47 Å². The minimum atomic E-state index is -0.471. The van der Waals surface area contributed by atoms with Crippen LogP contribution in [-0.2, 0) is 15.0 Å². The van der Waals surface area contributed by atoms with Crippen molar-refractivity contribution in [3.8, 4) is 11.5 Å². The number of methoxy groups -OCH3 is 2. The number of benzene rings is 1. The average Bonchev–Trinajstić information content (AvgIpc) is 3.27. The smallest absolute Gasteiger partial charge is 0.231 e. The van der Waals surface area contributed by atoms with Crippen molar-refractivity contribution in [2.45, 2.75) is 32.6 Å². The Bertz CT molecular complexity index is 890. The number of nitrogens with zero attached hydrogens (tertiary/aromatic N) is 3. The summed E-state index contributed by atoms with van der Waals surface area (Å²) in [5, 5.41) is 12.3. The van der Waals surface area contributed by atoms with E-state index in [-0.39, 0.29) is 30.2 Å². The van der Waals surface area contributed by atoms with Crippen molar-refractivity contribution in [1.82, 2.24) is 10.2 Å². The third-order valence-electron chi connectivity index (χ3n) is 4.47. The fourth-order valence-electron chi connectivity index (χ4n) is 2.91. The number of ether oxygens (including phenoxy) is 2. The Kier molecular flexibility index (Phi) is 5.55. The number of aromatic nitrogens is 2. The van der Waals surface area contributed by atoms with Crippen LogP contribution in [0.4, 0.5) is 10.8 Å². The second kappa shape index (κ2) is 7.75. The van der Waals surface area contributed by atoms with E-state index in [1.165, 1.54) is 18.4 Å². The lowest BCUT2D eigenvalue weighted by molar-refractivity contribution is -0.122. The second-order valence-corrected chi connectivity index (χ2v) is 8.57. The molecule has 28 heavy (non-hydrogen) atoms. The SMILES string of the molecule is COc1ccc(N2C[C@@H](C(=O)Nc3nnc(C(C)(C)C)s3)CC2=O)c(OC)c1. The van der Waals surface area contributed by atoms with Gasteiger partial charge in [0, 0.05) is 24.4 Å². The molecule has 9 heteroatoms. The molecule has 2 amide bonds. The van der Waals surface area contributed by atoms with Gasteiger partial charge >= 0.3 is 0 Å². The molecule has 1 aromatic heterocycles. The zero-order chi connectivity index (χ0) is 20.5. The first kappa shape index (κ1) is 20.1. The first-order valence-electron chi connectivity index (χ1n) is 8.90. The highest BCUT2D eigenvalue weighted by molar-refractivity contribution is 7.15. The molecule has 0 unspecified atom stereocenters. The van der Waals surface area contributed by atoms with Crippen LogP contribution in [0.25, 0.3) is 0 Å². The van der Waals surface area contributed by atoms with Crippen molar-refractivity contribution in [2.75, 3.05) is 31.0 Å². The lowest BCUT2D eigenvalue weighted by atomic mass is 9.98. The van der Waals surface area contributed by atoms with Crippen molar-refractivity contribution in [3.05, 3.63) is 23.2 Å². The van der Waals surface area contributed by atoms with Gasteiger partial charge in [0.25, 0.3) is 0 Å². The Morgan fingerprint density at radius 3 is 2.61 bits per heavy atom. The summed E-state index contributed by atoms with van der Waals surface area (Å²) in [5.41, 5.74) is 0.487. The summed E-state index contributed by atoms with van der Waals surface area (Å²) < 4.78 is 10.6. The largest absolute Gasteiger partial charge is 0.497 e. The van der Waals surface area contributed by atoms with E-state index < -0.39 is 5.92 Å². The molecule has 1 saturated heterocycles. The first-order valence-corrected chi connectivity index (χ1v) is 9.72. The van der Waals surface area contributed by atoms with Crippen LogP contribution >= 0.6 is 11.3 Å². The first-order chi connectivity index (χ1) is 13.2. The average molecular weight is 404 g/mol. The zero-order valence-electron chi connectivity index (χ0n) is 16.6. The number of carbonyl (C=O) groups is 2. The topological polar surface area (TPSA) is 93.6 Å². The van der Waals surface area contributed by atoms with Crippen molar-refractivity contribution in [3.63, 3.8) is 0 Å². The van der Waals surface area contributed by atoms with Gasteiger partial charge in [0.05, 0.1) is 25.8 Å². The molecule has 3 rings (SSSR count). The summed E-state index contributed by atoms with van der Waals surface area (Å²) in [4.78, 5) is 26.8. The van der Waals surface area contributed by atoms with Crippen LogP contribution in [0.15, 0.2) is 18.2 Å². The molecule has 1 aromatic carbocycles. The summed E-state index contributed by atoms with van der Waals surface area (Å²) in [6.07, 6.45) is 0.131. The molecule has 1 N–H and O–H groups in total. The highest BCUT2D eigenvalue weighted by atomic mass is 32.1. The molecular weight excluding hydrogens is 380 g/mol. The number of rotatable bonds is 5. The number of hydrogen-bond donors (Lipinski definition) is 1. The molecule has 2 heterocycles. The summed E-state index contributed by atoms with van der Waals surface area (Å²) in [6.45, 7) is 6.39. The second-order valence-electron chi connectivity index (χ2n) is 7.59. The Morgan fingerprint density at radius 2 is 2.00 bits per heavy atom. The van der Waals surface area contributed by atoms with Gasteiger partial charge in [-0.15, -0.1) is 10.2 Å². The van der Waals surface area contributed by atoms with E-state index in [0.717, 1.165) is 5.01 Å². The predicted octanol–water partition coefficient (Wildman–Crippen LogP) is 2.84. The monoisotopic (exact) mass is 404 g/mol. The van der Waals surface area contributed by atoms with Crippen molar-refractivity contribution in [2.24, 2.45) is 5.92 Å². The van der Waals surface area contributed by atoms with Crippen LogP contribution in [-0.4, -0.2) is 42.8 Å². The lowest BCUT2D eigenvalue weighted by Gasteiger charge is -2.20. The lowest BCUT2D eigenvalue weighted by Crippen LogP contribution is -2.28. The van der Waals surface area contributed by atoms with Crippen molar-refractivity contribution < 1.29 is 19.1 Å². The van der Waals surface area contributed by atoms with E-state index in [9.17, 15) is 9.59 Å². The Morgan fingerprint density at radius 1 is 1.25 bits per heavy atom. The van der Waals surface area contributed by atoms with Crippen LogP contribution in [0.1, 0.15) is 32.2 Å². The highest BCUT2D eigenvalue weighted by Gasteiger charge is 2.37. The molecule has 0 aliphatic carbocycles. The van der Waals surface area contributed by atoms with Crippen LogP contribution in [0.3, 0.4) is 0 Å².